The van der Waals surface area contributed by atoms with Gasteiger partial charge in [0.05, 0.1) is 5.56 Å². The maximum Gasteiger partial charge on any atom is 0.339 e. The second-order valence-electron chi connectivity index (χ2n) is 5.66. The molecule has 0 spiro atoms. The molecule has 5 heteroatoms. The average molecular weight is 341 g/mol. The molecule has 1 fully saturated rings. The average Bonchev–Trinajstić information content (AvgIpc) is 2.39. The minimum atomic E-state index is -0.496. The fourth-order valence-corrected chi connectivity index (χ4v) is 2.82. The van der Waals surface area contributed by atoms with E-state index in [1.54, 1.807) is 6.07 Å². The summed E-state index contributed by atoms with van der Waals surface area (Å²) in [5, 5.41) is 3.32. The van der Waals surface area contributed by atoms with E-state index in [-0.39, 0.29) is 5.97 Å². The molecule has 1 saturated heterocycles. The van der Waals surface area contributed by atoms with Crippen molar-refractivity contribution < 1.29 is 9.53 Å². The molecule has 110 valence electrons. The molecule has 0 amide bonds. The van der Waals surface area contributed by atoms with Crippen LogP contribution in [0, 0.1) is 0 Å². The van der Waals surface area contributed by atoms with Crippen LogP contribution in [0.5, 0.6) is 0 Å². The summed E-state index contributed by atoms with van der Waals surface area (Å²) >= 11 is 3.38. The first-order valence-electron chi connectivity index (χ1n) is 6.89. The van der Waals surface area contributed by atoms with Gasteiger partial charge in [-0.3, -0.25) is 4.90 Å². The van der Waals surface area contributed by atoms with Gasteiger partial charge in [-0.1, -0.05) is 12.1 Å². The first kappa shape index (κ1) is 15.5. The van der Waals surface area contributed by atoms with E-state index in [4.69, 9.17) is 4.74 Å². The van der Waals surface area contributed by atoms with Gasteiger partial charge in [-0.2, -0.15) is 0 Å². The first-order chi connectivity index (χ1) is 9.48. The molecule has 1 aromatic rings. The van der Waals surface area contributed by atoms with Gasteiger partial charge in [0.25, 0.3) is 0 Å². The summed E-state index contributed by atoms with van der Waals surface area (Å²) in [4.78, 5) is 14.6. The van der Waals surface area contributed by atoms with Crippen molar-refractivity contribution in [2.24, 2.45) is 0 Å². The number of carbonyl (C=O) groups is 1. The minimum Gasteiger partial charge on any atom is -0.455 e. The highest BCUT2D eigenvalue weighted by atomic mass is 79.9. The molecule has 0 atom stereocenters. The maximum absolute atomic E-state index is 12.2. The van der Waals surface area contributed by atoms with Crippen LogP contribution in [0.3, 0.4) is 0 Å². The minimum absolute atomic E-state index is 0.280. The van der Waals surface area contributed by atoms with Crippen molar-refractivity contribution in [3.05, 3.63) is 34.3 Å². The highest BCUT2D eigenvalue weighted by Gasteiger charge is 2.27. The third kappa shape index (κ3) is 4.30. The molecule has 1 aromatic carbocycles. The van der Waals surface area contributed by atoms with Gasteiger partial charge in [0.15, 0.2) is 0 Å². The van der Waals surface area contributed by atoms with E-state index in [0.29, 0.717) is 5.56 Å². The van der Waals surface area contributed by atoms with Crippen molar-refractivity contribution >= 4 is 21.9 Å². The highest BCUT2D eigenvalue weighted by Crippen LogP contribution is 2.20. The summed E-state index contributed by atoms with van der Waals surface area (Å²) < 4.78 is 6.44. The molecule has 0 saturated carbocycles. The van der Waals surface area contributed by atoms with Gasteiger partial charge in [-0.15, -0.1) is 0 Å². The maximum atomic E-state index is 12.2. The van der Waals surface area contributed by atoms with Crippen LogP contribution in [-0.4, -0.2) is 49.2 Å². The number of ether oxygens (including phenoxy) is 1. The van der Waals surface area contributed by atoms with Crippen molar-refractivity contribution in [2.75, 3.05) is 32.7 Å². The van der Waals surface area contributed by atoms with E-state index >= 15 is 0 Å². The van der Waals surface area contributed by atoms with Crippen molar-refractivity contribution in [3.63, 3.8) is 0 Å². The molecule has 0 radical (unpaired) electrons. The summed E-state index contributed by atoms with van der Waals surface area (Å²) in [6.45, 7) is 8.66. The van der Waals surface area contributed by atoms with E-state index < -0.39 is 5.60 Å². The van der Waals surface area contributed by atoms with Gasteiger partial charge in [-0.25, -0.2) is 4.79 Å². The van der Waals surface area contributed by atoms with Crippen LogP contribution in [-0.2, 0) is 4.74 Å². The van der Waals surface area contributed by atoms with Gasteiger partial charge in [0, 0.05) is 37.2 Å². The molecule has 0 aromatic heterocycles. The number of hydrogen-bond acceptors (Lipinski definition) is 4. The summed E-state index contributed by atoms with van der Waals surface area (Å²) in [5.41, 5.74) is 0.0739. The van der Waals surface area contributed by atoms with E-state index in [9.17, 15) is 4.79 Å². The molecule has 4 nitrogen and oxygen atoms in total. The summed E-state index contributed by atoms with van der Waals surface area (Å²) in [6, 6.07) is 7.34. The predicted octanol–water partition coefficient (Wildman–Crippen LogP) is 2.29. The molecule has 1 aliphatic rings. The van der Waals surface area contributed by atoms with Crippen LogP contribution >= 0.6 is 15.9 Å². The number of piperazine rings is 1. The van der Waals surface area contributed by atoms with E-state index in [0.717, 1.165) is 37.2 Å². The largest absolute Gasteiger partial charge is 0.455 e. The third-order valence-corrected chi connectivity index (χ3v) is 3.97. The number of benzene rings is 1. The van der Waals surface area contributed by atoms with Gasteiger partial charge in [-0.05, 0) is 41.9 Å². The standard InChI is InChI=1S/C15H21BrN2O2/c1-15(2,11-18-9-7-17-8-10-18)20-14(19)12-5-3-4-6-13(12)16/h3-6,17H,7-11H2,1-2H3. The number of rotatable bonds is 4. The number of carbonyl (C=O) groups excluding carboxylic acids is 1. The van der Waals surface area contributed by atoms with Crippen LogP contribution in [0.2, 0.25) is 0 Å². The SMILES string of the molecule is CC(C)(CN1CCNCC1)OC(=O)c1ccccc1Br. The number of nitrogens with one attached hydrogen (secondary N) is 1. The second kappa shape index (κ2) is 6.70. The summed E-state index contributed by atoms with van der Waals surface area (Å²) in [7, 11) is 0. The van der Waals surface area contributed by atoms with Gasteiger partial charge < -0.3 is 10.1 Å². The quantitative estimate of drug-likeness (QED) is 0.854. The zero-order chi connectivity index (χ0) is 14.6. The lowest BCUT2D eigenvalue weighted by Crippen LogP contribution is -2.50. The van der Waals surface area contributed by atoms with Crippen LogP contribution in [0.4, 0.5) is 0 Å². The van der Waals surface area contributed by atoms with Crippen LogP contribution < -0.4 is 5.32 Å². The Labute approximate surface area is 128 Å². The van der Waals surface area contributed by atoms with Gasteiger partial charge in [0.2, 0.25) is 0 Å². The van der Waals surface area contributed by atoms with Crippen LogP contribution in [0.15, 0.2) is 28.7 Å². The van der Waals surface area contributed by atoms with E-state index in [1.165, 1.54) is 0 Å². The molecule has 0 bridgehead atoms. The Kier molecular flexibility index (Phi) is 5.18. The molecule has 1 heterocycles. The molecule has 0 aliphatic carbocycles. The molecule has 2 rings (SSSR count). The Morgan fingerprint density at radius 1 is 1.35 bits per heavy atom. The summed E-state index contributed by atoms with van der Waals surface area (Å²) in [5.74, 6) is -0.280. The Bertz CT molecular complexity index is 471. The number of halogens is 1. The lowest BCUT2D eigenvalue weighted by Gasteiger charge is -2.34. The third-order valence-electron chi connectivity index (χ3n) is 3.28. The molecular weight excluding hydrogens is 320 g/mol. The smallest absolute Gasteiger partial charge is 0.339 e. The normalized spacial score (nSPS) is 16.9. The number of nitrogens with zero attached hydrogens (tertiary/aromatic N) is 1. The monoisotopic (exact) mass is 340 g/mol. The summed E-state index contributed by atoms with van der Waals surface area (Å²) in [6.07, 6.45) is 0. The molecular formula is C15H21BrN2O2. The van der Waals surface area contributed by atoms with E-state index in [2.05, 4.69) is 26.1 Å². The fourth-order valence-electron chi connectivity index (χ4n) is 2.37. The van der Waals surface area contributed by atoms with Gasteiger partial charge >= 0.3 is 5.97 Å². The Hall–Kier alpha value is -0.910. The fraction of sp³-hybridized carbons (Fsp3) is 0.533. The first-order valence-corrected chi connectivity index (χ1v) is 7.68. The van der Waals surface area contributed by atoms with Crippen LogP contribution in [0.25, 0.3) is 0 Å². The molecule has 1 N–H and O–H groups in total. The zero-order valence-electron chi connectivity index (χ0n) is 12.0. The molecule has 1 aliphatic heterocycles. The van der Waals surface area contributed by atoms with E-state index in [1.807, 2.05) is 32.0 Å². The van der Waals surface area contributed by atoms with Crippen molar-refractivity contribution in [1.82, 2.24) is 10.2 Å². The lowest BCUT2D eigenvalue weighted by molar-refractivity contribution is -0.0180. The van der Waals surface area contributed by atoms with Crippen LogP contribution in [0.1, 0.15) is 24.2 Å². The van der Waals surface area contributed by atoms with Crippen molar-refractivity contribution in [1.29, 1.82) is 0 Å². The zero-order valence-corrected chi connectivity index (χ0v) is 13.6. The van der Waals surface area contributed by atoms with Gasteiger partial charge in [0.1, 0.15) is 5.60 Å². The Morgan fingerprint density at radius 2 is 2.00 bits per heavy atom. The van der Waals surface area contributed by atoms with Crippen molar-refractivity contribution in [3.8, 4) is 0 Å². The number of esters is 1. The topological polar surface area (TPSA) is 41.6 Å². The molecule has 20 heavy (non-hydrogen) atoms. The second-order valence-corrected chi connectivity index (χ2v) is 6.51. The molecule has 0 unspecified atom stereocenters. The Balaban J connectivity index is 1.96. The lowest BCUT2D eigenvalue weighted by atomic mass is 10.1. The number of hydrogen-bond donors (Lipinski definition) is 1. The predicted molar refractivity (Wildman–Crippen MR) is 82.9 cm³/mol. The Morgan fingerprint density at radius 3 is 2.65 bits per heavy atom. The highest BCUT2D eigenvalue weighted by molar-refractivity contribution is 9.10. The van der Waals surface area contributed by atoms with Crippen molar-refractivity contribution in [2.45, 2.75) is 19.4 Å².